The van der Waals surface area contributed by atoms with Gasteiger partial charge in [-0.25, -0.2) is 4.98 Å². The van der Waals surface area contributed by atoms with Crippen LogP contribution >= 0.6 is 0 Å². The number of oxazole rings is 1. The molecule has 1 saturated heterocycles. The van der Waals surface area contributed by atoms with E-state index in [-0.39, 0.29) is 0 Å². The average Bonchev–Trinajstić information content (AvgIpc) is 2.80. The minimum atomic E-state index is 0.932. The first-order valence-corrected chi connectivity index (χ1v) is 5.67. The van der Waals surface area contributed by atoms with E-state index in [1.165, 1.54) is 12.0 Å². The van der Waals surface area contributed by atoms with Gasteiger partial charge < -0.3 is 9.73 Å². The number of nitrogens with zero attached hydrogens (tertiary/aromatic N) is 2. The third-order valence-electron chi connectivity index (χ3n) is 3.04. The molecular formula is C12H15N3O. The molecule has 1 aliphatic rings. The SMILES string of the molecule is c1cc(CN2CCNCC2)c2ocnc2c1. The Morgan fingerprint density at radius 2 is 2.19 bits per heavy atom. The summed E-state index contributed by atoms with van der Waals surface area (Å²) >= 11 is 0. The number of aromatic nitrogens is 1. The molecule has 16 heavy (non-hydrogen) atoms. The van der Waals surface area contributed by atoms with Crippen LogP contribution in [0.2, 0.25) is 0 Å². The average molecular weight is 217 g/mol. The Bertz CT molecular complexity index is 474. The number of hydrogen-bond acceptors (Lipinski definition) is 4. The molecule has 4 heteroatoms. The van der Waals surface area contributed by atoms with E-state index < -0.39 is 0 Å². The molecule has 1 N–H and O–H groups in total. The Balaban J connectivity index is 1.85. The fraction of sp³-hybridized carbons (Fsp3) is 0.417. The molecule has 1 fully saturated rings. The molecule has 3 rings (SSSR count). The monoisotopic (exact) mass is 217 g/mol. The molecule has 0 atom stereocenters. The van der Waals surface area contributed by atoms with E-state index >= 15 is 0 Å². The number of fused-ring (bicyclic) bond motifs is 1. The molecule has 2 heterocycles. The molecule has 0 bridgehead atoms. The van der Waals surface area contributed by atoms with E-state index in [2.05, 4.69) is 21.3 Å². The topological polar surface area (TPSA) is 41.3 Å². The minimum Gasteiger partial charge on any atom is -0.443 e. The number of nitrogens with one attached hydrogen (secondary N) is 1. The molecule has 0 saturated carbocycles. The van der Waals surface area contributed by atoms with Crippen LogP contribution < -0.4 is 5.32 Å². The highest BCUT2D eigenvalue weighted by Crippen LogP contribution is 2.18. The van der Waals surface area contributed by atoms with Crippen molar-refractivity contribution in [2.45, 2.75) is 6.54 Å². The fourth-order valence-corrected chi connectivity index (χ4v) is 2.18. The van der Waals surface area contributed by atoms with Crippen molar-refractivity contribution in [3.8, 4) is 0 Å². The van der Waals surface area contributed by atoms with Gasteiger partial charge in [0.25, 0.3) is 0 Å². The summed E-state index contributed by atoms with van der Waals surface area (Å²) in [4.78, 5) is 6.61. The highest BCUT2D eigenvalue weighted by molar-refractivity contribution is 5.75. The lowest BCUT2D eigenvalue weighted by atomic mass is 10.1. The van der Waals surface area contributed by atoms with Crippen molar-refractivity contribution < 1.29 is 4.42 Å². The first-order chi connectivity index (χ1) is 7.93. The van der Waals surface area contributed by atoms with Crippen LogP contribution in [0.15, 0.2) is 29.0 Å². The van der Waals surface area contributed by atoms with Crippen LogP contribution in [-0.4, -0.2) is 36.1 Å². The van der Waals surface area contributed by atoms with E-state index in [1.54, 1.807) is 0 Å². The normalized spacial score (nSPS) is 18.0. The molecule has 1 aliphatic heterocycles. The summed E-state index contributed by atoms with van der Waals surface area (Å²) in [5.41, 5.74) is 3.12. The summed E-state index contributed by atoms with van der Waals surface area (Å²) in [6.45, 7) is 5.31. The van der Waals surface area contributed by atoms with Gasteiger partial charge in [0.2, 0.25) is 0 Å². The second-order valence-corrected chi connectivity index (χ2v) is 4.14. The summed E-state index contributed by atoms with van der Waals surface area (Å²) in [6.07, 6.45) is 1.52. The van der Waals surface area contributed by atoms with Crippen molar-refractivity contribution in [3.05, 3.63) is 30.2 Å². The Kier molecular flexibility index (Phi) is 2.60. The third-order valence-corrected chi connectivity index (χ3v) is 3.04. The van der Waals surface area contributed by atoms with Crippen molar-refractivity contribution in [2.75, 3.05) is 26.2 Å². The Morgan fingerprint density at radius 3 is 3.06 bits per heavy atom. The lowest BCUT2D eigenvalue weighted by Gasteiger charge is -2.27. The summed E-state index contributed by atoms with van der Waals surface area (Å²) in [5.74, 6) is 0. The quantitative estimate of drug-likeness (QED) is 0.821. The highest BCUT2D eigenvalue weighted by Gasteiger charge is 2.12. The van der Waals surface area contributed by atoms with Gasteiger partial charge in [0.15, 0.2) is 12.0 Å². The van der Waals surface area contributed by atoms with Gasteiger partial charge in [-0.05, 0) is 6.07 Å². The minimum absolute atomic E-state index is 0.932. The number of piperazine rings is 1. The molecule has 0 radical (unpaired) electrons. The predicted molar refractivity (Wildman–Crippen MR) is 62.2 cm³/mol. The Labute approximate surface area is 94.3 Å². The first-order valence-electron chi connectivity index (χ1n) is 5.67. The van der Waals surface area contributed by atoms with E-state index in [0.29, 0.717) is 0 Å². The van der Waals surface area contributed by atoms with Crippen LogP contribution in [0.25, 0.3) is 11.1 Å². The summed E-state index contributed by atoms with van der Waals surface area (Å²) < 4.78 is 5.44. The van der Waals surface area contributed by atoms with Gasteiger partial charge >= 0.3 is 0 Å². The maximum atomic E-state index is 5.44. The molecule has 4 nitrogen and oxygen atoms in total. The van der Waals surface area contributed by atoms with Crippen LogP contribution in [0.3, 0.4) is 0 Å². The summed E-state index contributed by atoms with van der Waals surface area (Å²) in [6, 6.07) is 6.15. The van der Waals surface area contributed by atoms with Gasteiger partial charge in [-0.15, -0.1) is 0 Å². The van der Waals surface area contributed by atoms with Gasteiger partial charge in [0.1, 0.15) is 5.52 Å². The second-order valence-electron chi connectivity index (χ2n) is 4.14. The molecular weight excluding hydrogens is 202 g/mol. The van der Waals surface area contributed by atoms with Gasteiger partial charge in [-0.3, -0.25) is 4.90 Å². The lowest BCUT2D eigenvalue weighted by molar-refractivity contribution is 0.233. The van der Waals surface area contributed by atoms with Gasteiger partial charge in [0.05, 0.1) is 0 Å². The fourth-order valence-electron chi connectivity index (χ4n) is 2.18. The zero-order chi connectivity index (χ0) is 10.8. The predicted octanol–water partition coefficient (Wildman–Crippen LogP) is 1.23. The maximum absolute atomic E-state index is 5.44. The summed E-state index contributed by atoms with van der Waals surface area (Å²) in [7, 11) is 0. The van der Waals surface area contributed by atoms with E-state index in [9.17, 15) is 0 Å². The van der Waals surface area contributed by atoms with Crippen LogP contribution in [0, 0.1) is 0 Å². The van der Waals surface area contributed by atoms with Crippen molar-refractivity contribution >= 4 is 11.1 Å². The zero-order valence-corrected chi connectivity index (χ0v) is 9.15. The van der Waals surface area contributed by atoms with Crippen molar-refractivity contribution in [1.29, 1.82) is 0 Å². The van der Waals surface area contributed by atoms with E-state index in [4.69, 9.17) is 4.42 Å². The smallest absolute Gasteiger partial charge is 0.181 e. The van der Waals surface area contributed by atoms with Crippen LogP contribution in [-0.2, 0) is 6.54 Å². The van der Waals surface area contributed by atoms with Crippen LogP contribution in [0.1, 0.15) is 5.56 Å². The number of hydrogen-bond donors (Lipinski definition) is 1. The third kappa shape index (κ3) is 1.81. The molecule has 0 unspecified atom stereocenters. The number of rotatable bonds is 2. The van der Waals surface area contributed by atoms with Crippen molar-refractivity contribution in [3.63, 3.8) is 0 Å². The first kappa shape index (κ1) is 9.81. The molecule has 1 aromatic carbocycles. The van der Waals surface area contributed by atoms with Crippen LogP contribution in [0.4, 0.5) is 0 Å². The van der Waals surface area contributed by atoms with E-state index in [1.807, 2.05) is 12.1 Å². The van der Waals surface area contributed by atoms with Gasteiger partial charge in [-0.1, -0.05) is 12.1 Å². The van der Waals surface area contributed by atoms with Gasteiger partial charge in [0, 0.05) is 38.3 Å². The van der Waals surface area contributed by atoms with Crippen LogP contribution in [0.5, 0.6) is 0 Å². The Hall–Kier alpha value is -1.39. The van der Waals surface area contributed by atoms with Gasteiger partial charge in [-0.2, -0.15) is 0 Å². The second kappa shape index (κ2) is 4.23. The Morgan fingerprint density at radius 1 is 1.31 bits per heavy atom. The molecule has 0 aliphatic carbocycles. The van der Waals surface area contributed by atoms with E-state index in [0.717, 1.165) is 43.8 Å². The van der Waals surface area contributed by atoms with Crippen molar-refractivity contribution in [1.82, 2.24) is 15.2 Å². The zero-order valence-electron chi connectivity index (χ0n) is 9.15. The number of para-hydroxylation sites is 1. The lowest BCUT2D eigenvalue weighted by Crippen LogP contribution is -2.42. The maximum Gasteiger partial charge on any atom is 0.181 e. The molecule has 84 valence electrons. The molecule has 2 aromatic rings. The summed E-state index contributed by atoms with van der Waals surface area (Å²) in [5, 5.41) is 3.36. The number of benzene rings is 1. The highest BCUT2D eigenvalue weighted by atomic mass is 16.3. The largest absolute Gasteiger partial charge is 0.443 e. The standard InChI is InChI=1S/C12H15N3O/c1-2-10(8-15-6-4-13-5-7-15)12-11(3-1)14-9-16-12/h1-3,9,13H,4-8H2. The van der Waals surface area contributed by atoms with Crippen molar-refractivity contribution in [2.24, 2.45) is 0 Å². The molecule has 1 aromatic heterocycles. The molecule has 0 amide bonds. The molecule has 0 spiro atoms.